The Labute approximate surface area is 211 Å². The van der Waals surface area contributed by atoms with E-state index in [1.54, 1.807) is 18.6 Å². The maximum absolute atomic E-state index is 12.1. The molecule has 8 nitrogen and oxygen atoms in total. The van der Waals surface area contributed by atoms with Crippen molar-refractivity contribution in [2.45, 2.75) is 17.3 Å². The summed E-state index contributed by atoms with van der Waals surface area (Å²) in [5, 5.41) is 6.40. The van der Waals surface area contributed by atoms with Gasteiger partial charge >= 0.3 is 5.51 Å². The molecule has 2 aromatic carbocycles. The number of rotatable bonds is 6. The lowest BCUT2D eigenvalue weighted by Crippen LogP contribution is -2.23. The molecule has 12 heteroatoms. The number of aldehydes is 1. The number of nitrogens with one attached hydrogen (secondary N) is 2. The highest BCUT2D eigenvalue weighted by atomic mass is 32.2. The first-order valence-electron chi connectivity index (χ1n) is 10.7. The van der Waals surface area contributed by atoms with Crippen molar-refractivity contribution in [3.05, 3.63) is 90.4 Å². The Balaban J connectivity index is 0.000000222. The fraction of sp³-hybridized carbons (Fsp3) is 0.120. The number of alkyl halides is 3. The highest BCUT2D eigenvalue weighted by Gasteiger charge is 2.46. The van der Waals surface area contributed by atoms with Gasteiger partial charge in [0.2, 0.25) is 5.95 Å². The Morgan fingerprint density at radius 3 is 2.41 bits per heavy atom. The number of hydrogen-bond donors (Lipinski definition) is 2. The molecule has 2 aromatic heterocycles. The number of aryl methyl sites for hydroxylation is 1. The van der Waals surface area contributed by atoms with Crippen LogP contribution in [0, 0.1) is 6.92 Å². The van der Waals surface area contributed by atoms with Crippen LogP contribution >= 0.6 is 0 Å². The maximum Gasteiger partial charge on any atom is 0.501 e. The number of nitrogens with zero attached hydrogens (tertiary/aromatic N) is 3. The monoisotopic (exact) mass is 529 g/mol. The van der Waals surface area contributed by atoms with Gasteiger partial charge in [-0.1, -0.05) is 18.2 Å². The van der Waals surface area contributed by atoms with Gasteiger partial charge < -0.3 is 10.6 Å². The zero-order valence-corrected chi connectivity index (χ0v) is 20.5. The maximum atomic E-state index is 12.1. The third-order valence-electron chi connectivity index (χ3n) is 4.99. The Morgan fingerprint density at radius 2 is 1.76 bits per heavy atom. The van der Waals surface area contributed by atoms with E-state index in [2.05, 4.69) is 31.7 Å². The molecule has 0 bridgehead atoms. The Hall–Kier alpha value is -4.32. The number of carbonyl (C=O) groups is 1. The van der Waals surface area contributed by atoms with Crippen LogP contribution in [-0.4, -0.2) is 42.2 Å². The van der Waals surface area contributed by atoms with E-state index < -0.39 is 20.2 Å². The minimum absolute atomic E-state index is 0.125. The number of aromatic nitrogens is 3. The summed E-state index contributed by atoms with van der Waals surface area (Å²) in [4.78, 5) is 22.3. The van der Waals surface area contributed by atoms with Crippen molar-refractivity contribution in [2.24, 2.45) is 0 Å². The fourth-order valence-electron chi connectivity index (χ4n) is 3.02. The zero-order chi connectivity index (χ0) is 27.1. The smallest absolute Gasteiger partial charge is 0.388 e. The van der Waals surface area contributed by atoms with Gasteiger partial charge in [0.1, 0.15) is 6.29 Å². The second kappa shape index (κ2) is 11.6. The first kappa shape index (κ1) is 27.3. The predicted molar refractivity (Wildman–Crippen MR) is 134 cm³/mol. The third kappa shape index (κ3) is 6.88. The van der Waals surface area contributed by atoms with Crippen LogP contribution in [0.3, 0.4) is 0 Å². The first-order chi connectivity index (χ1) is 17.5. The summed E-state index contributed by atoms with van der Waals surface area (Å²) >= 11 is 0. The molecule has 0 fully saturated rings. The lowest BCUT2D eigenvalue weighted by Gasteiger charge is -2.11. The third-order valence-corrected chi connectivity index (χ3v) is 6.48. The van der Waals surface area contributed by atoms with Gasteiger partial charge in [-0.05, 0) is 55.0 Å². The highest BCUT2D eigenvalue weighted by Crippen LogP contribution is 2.30. The number of benzene rings is 2. The second-order valence-electron chi connectivity index (χ2n) is 7.55. The van der Waals surface area contributed by atoms with Gasteiger partial charge in [0.25, 0.3) is 9.84 Å². The summed E-state index contributed by atoms with van der Waals surface area (Å²) < 4.78 is 58.0. The van der Waals surface area contributed by atoms with Crippen LogP contribution in [0.25, 0.3) is 11.3 Å². The SMILES string of the molecule is CNc1ccc(C)c(Nc2nccc(-c3cccnc3)n2)c1.O=Cc1cccc(S(=O)(=O)C(F)(F)F)c1. The Kier molecular flexibility index (Phi) is 8.56. The van der Waals surface area contributed by atoms with E-state index in [4.69, 9.17) is 0 Å². The van der Waals surface area contributed by atoms with Gasteiger partial charge in [-0.2, -0.15) is 13.2 Å². The van der Waals surface area contributed by atoms with E-state index in [1.165, 1.54) is 6.07 Å². The quantitative estimate of drug-likeness (QED) is 0.318. The lowest BCUT2D eigenvalue weighted by molar-refractivity contribution is -0.0436. The molecular weight excluding hydrogens is 507 g/mol. The van der Waals surface area contributed by atoms with Crippen LogP contribution < -0.4 is 10.6 Å². The van der Waals surface area contributed by atoms with Crippen molar-refractivity contribution < 1.29 is 26.4 Å². The average molecular weight is 530 g/mol. The van der Waals surface area contributed by atoms with Crippen LogP contribution in [0.15, 0.2) is 84.1 Å². The van der Waals surface area contributed by atoms with E-state index in [0.29, 0.717) is 12.0 Å². The van der Waals surface area contributed by atoms with E-state index in [1.807, 2.05) is 44.3 Å². The summed E-state index contributed by atoms with van der Waals surface area (Å²) in [6.45, 7) is 2.05. The van der Waals surface area contributed by atoms with Gasteiger partial charge in [0.05, 0.1) is 10.6 Å². The summed E-state index contributed by atoms with van der Waals surface area (Å²) in [6.07, 6.45) is 5.56. The first-order valence-corrected chi connectivity index (χ1v) is 12.2. The molecule has 0 saturated heterocycles. The summed E-state index contributed by atoms with van der Waals surface area (Å²) in [5.41, 5.74) is -0.516. The second-order valence-corrected chi connectivity index (χ2v) is 9.49. The molecule has 2 N–H and O–H groups in total. The number of pyridine rings is 1. The molecule has 0 unspecified atom stereocenters. The molecule has 0 saturated carbocycles. The van der Waals surface area contributed by atoms with Crippen molar-refractivity contribution in [2.75, 3.05) is 17.7 Å². The van der Waals surface area contributed by atoms with Gasteiger partial charge in [0.15, 0.2) is 0 Å². The van der Waals surface area contributed by atoms with Crippen LogP contribution in [0.2, 0.25) is 0 Å². The molecule has 2 heterocycles. The van der Waals surface area contributed by atoms with Crippen molar-refractivity contribution in [1.29, 1.82) is 0 Å². The largest absolute Gasteiger partial charge is 0.501 e. The van der Waals surface area contributed by atoms with Crippen LogP contribution in [0.5, 0.6) is 0 Å². The summed E-state index contributed by atoms with van der Waals surface area (Å²) in [7, 11) is -3.47. The summed E-state index contributed by atoms with van der Waals surface area (Å²) in [5.74, 6) is 0.567. The normalized spacial score (nSPS) is 11.2. The minimum atomic E-state index is -5.37. The molecule has 4 rings (SSSR count). The lowest BCUT2D eigenvalue weighted by atomic mass is 10.2. The molecule has 0 aliphatic carbocycles. The molecule has 0 atom stereocenters. The number of hydrogen-bond acceptors (Lipinski definition) is 8. The van der Waals surface area contributed by atoms with Gasteiger partial charge in [-0.15, -0.1) is 0 Å². The van der Waals surface area contributed by atoms with Gasteiger partial charge in [-0.25, -0.2) is 18.4 Å². The van der Waals surface area contributed by atoms with Crippen molar-refractivity contribution in [1.82, 2.24) is 15.0 Å². The van der Waals surface area contributed by atoms with Crippen molar-refractivity contribution >= 4 is 33.4 Å². The van der Waals surface area contributed by atoms with Crippen LogP contribution in [0.4, 0.5) is 30.5 Å². The van der Waals surface area contributed by atoms with E-state index in [-0.39, 0.29) is 11.8 Å². The molecule has 4 aromatic rings. The molecule has 0 spiro atoms. The standard InChI is InChI=1S/C17H17N5.C8H5F3O3S/c1-12-5-6-14(18-2)10-16(12)22-17-20-9-7-15(21-17)13-4-3-8-19-11-13;9-8(10,11)15(13,14)7-3-1-2-6(4-7)5-12/h3-11,18H,1-2H3,(H,20,21,22);1-5H. The Morgan fingerprint density at radius 1 is 0.973 bits per heavy atom. The number of carbonyl (C=O) groups excluding carboxylic acids is 1. The average Bonchev–Trinajstić information content (AvgIpc) is 2.90. The molecule has 0 amide bonds. The molecular formula is C25H22F3N5O3S. The predicted octanol–water partition coefficient (Wildman–Crippen LogP) is 5.42. The van der Waals surface area contributed by atoms with Crippen molar-refractivity contribution in [3.63, 3.8) is 0 Å². The van der Waals surface area contributed by atoms with E-state index in [9.17, 15) is 26.4 Å². The fourth-order valence-corrected chi connectivity index (χ4v) is 3.83. The van der Waals surface area contributed by atoms with Gasteiger partial charge in [-0.3, -0.25) is 9.78 Å². The number of anilines is 3. The minimum Gasteiger partial charge on any atom is -0.388 e. The van der Waals surface area contributed by atoms with Gasteiger partial charge in [0, 0.05) is 48.1 Å². The van der Waals surface area contributed by atoms with Crippen molar-refractivity contribution in [3.8, 4) is 11.3 Å². The Bertz CT molecular complexity index is 1480. The molecule has 0 radical (unpaired) electrons. The highest BCUT2D eigenvalue weighted by molar-refractivity contribution is 7.92. The topological polar surface area (TPSA) is 114 Å². The summed E-state index contributed by atoms with van der Waals surface area (Å²) in [6, 6.07) is 15.6. The van der Waals surface area contributed by atoms with Crippen LogP contribution in [-0.2, 0) is 9.84 Å². The molecule has 0 aliphatic rings. The number of sulfone groups is 1. The van der Waals surface area contributed by atoms with Crippen LogP contribution in [0.1, 0.15) is 15.9 Å². The number of halogens is 3. The molecule has 37 heavy (non-hydrogen) atoms. The van der Waals surface area contributed by atoms with E-state index >= 15 is 0 Å². The molecule has 192 valence electrons. The zero-order valence-electron chi connectivity index (χ0n) is 19.7. The molecule has 0 aliphatic heterocycles. The van der Waals surface area contributed by atoms with E-state index in [0.717, 1.165) is 40.3 Å².